The highest BCUT2D eigenvalue weighted by Crippen LogP contribution is 2.43. The van der Waals surface area contributed by atoms with Crippen LogP contribution in [0, 0.1) is 47.8 Å². The molecular formula is C76H80Cl2N16O3. The lowest BCUT2D eigenvalue weighted by molar-refractivity contribution is 0.0835. The third-order valence-electron chi connectivity index (χ3n) is 17.1. The van der Waals surface area contributed by atoms with E-state index in [4.69, 9.17) is 49.4 Å². The monoisotopic (exact) mass is 1330 g/mol. The summed E-state index contributed by atoms with van der Waals surface area (Å²) < 4.78 is 4.31. The van der Waals surface area contributed by atoms with Gasteiger partial charge in [0.05, 0.1) is 76.1 Å². The minimum atomic E-state index is -1.11. The number of allylic oxidation sites excluding steroid dienone is 2. The van der Waals surface area contributed by atoms with E-state index in [1.165, 1.54) is 22.3 Å². The van der Waals surface area contributed by atoms with Crippen molar-refractivity contribution in [2.45, 2.75) is 77.9 Å². The lowest BCUT2D eigenvalue weighted by Crippen LogP contribution is -2.55. The summed E-state index contributed by atoms with van der Waals surface area (Å²) in [6, 6.07) is 47.4. The van der Waals surface area contributed by atoms with Crippen LogP contribution in [0.25, 0.3) is 23.3 Å². The molecule has 0 radical (unpaired) electrons. The number of carbonyl (C=O) groups excluding carboxylic acids is 1. The first-order valence-electron chi connectivity index (χ1n) is 32.2. The normalized spacial score (nSPS) is 15.8. The van der Waals surface area contributed by atoms with Crippen LogP contribution in [0.4, 0.5) is 21.9 Å². The van der Waals surface area contributed by atoms with Gasteiger partial charge in [-0.2, -0.15) is 15.8 Å². The minimum Gasteiger partial charge on any atom is -0.399 e. The van der Waals surface area contributed by atoms with Gasteiger partial charge in [0.25, 0.3) is 0 Å². The van der Waals surface area contributed by atoms with E-state index in [0.717, 1.165) is 88.7 Å². The van der Waals surface area contributed by atoms with Crippen molar-refractivity contribution in [2.24, 2.45) is 0 Å². The number of urea groups is 1. The molecule has 4 aliphatic rings. The second-order valence-corrected chi connectivity index (χ2v) is 26.4. The van der Waals surface area contributed by atoms with Gasteiger partial charge >= 0.3 is 6.03 Å². The Morgan fingerprint density at radius 2 is 1.06 bits per heavy atom. The van der Waals surface area contributed by atoms with Crippen molar-refractivity contribution in [3.8, 4) is 18.2 Å². The van der Waals surface area contributed by atoms with Crippen LogP contribution in [0.1, 0.15) is 113 Å². The number of carbonyl (C=O) groups is 1. The summed E-state index contributed by atoms with van der Waals surface area (Å²) in [7, 11) is 0. The van der Waals surface area contributed by atoms with Crippen LogP contribution >= 0.6 is 23.2 Å². The molecule has 5 aromatic carbocycles. The summed E-state index contributed by atoms with van der Waals surface area (Å²) in [5.74, 6) is 1.94. The van der Waals surface area contributed by atoms with E-state index in [1.54, 1.807) is 93.3 Å². The maximum atomic E-state index is 13.9. The maximum Gasteiger partial charge on any atom is 0.324 e. The number of anilines is 3. The lowest BCUT2D eigenvalue weighted by Gasteiger charge is -2.42. The summed E-state index contributed by atoms with van der Waals surface area (Å²) in [4.78, 5) is 40.9. The largest absolute Gasteiger partial charge is 0.399 e. The predicted molar refractivity (Wildman–Crippen MR) is 384 cm³/mol. The van der Waals surface area contributed by atoms with E-state index in [9.17, 15) is 20.3 Å². The fourth-order valence-corrected chi connectivity index (χ4v) is 12.5. The molecule has 2 atom stereocenters. The van der Waals surface area contributed by atoms with E-state index >= 15 is 0 Å². The molecule has 2 unspecified atom stereocenters. The van der Waals surface area contributed by atoms with E-state index in [1.807, 2.05) is 111 Å². The van der Waals surface area contributed by atoms with Crippen LogP contribution in [-0.2, 0) is 13.1 Å². The maximum absolute atomic E-state index is 13.9. The van der Waals surface area contributed by atoms with E-state index < -0.39 is 11.2 Å². The molecular weight excluding hydrogens is 1260 g/mol. The quantitative estimate of drug-likeness (QED) is 0.0713. The smallest absolute Gasteiger partial charge is 0.324 e. The van der Waals surface area contributed by atoms with Gasteiger partial charge in [-0.15, -0.1) is 0 Å². The first-order valence-corrected chi connectivity index (χ1v) is 33.0. The lowest BCUT2D eigenvalue weighted by atomic mass is 9.93. The molecule has 6 N–H and O–H groups in total. The average molecular weight is 1340 g/mol. The van der Waals surface area contributed by atoms with E-state index in [2.05, 4.69) is 88.1 Å². The number of nitrogens with one attached hydrogen (secondary N) is 2. The van der Waals surface area contributed by atoms with Crippen molar-refractivity contribution in [2.75, 3.05) is 81.4 Å². The summed E-state index contributed by atoms with van der Waals surface area (Å²) in [6.07, 6.45) is 15.9. The Bertz CT molecular complexity index is 4380. The Hall–Kier alpha value is -9.98. The van der Waals surface area contributed by atoms with Crippen molar-refractivity contribution in [3.05, 3.63) is 254 Å². The summed E-state index contributed by atoms with van der Waals surface area (Å²) in [5.41, 5.74) is 18.9. The van der Waals surface area contributed by atoms with Crippen molar-refractivity contribution in [1.29, 1.82) is 15.8 Å². The average Bonchev–Trinajstić information content (AvgIpc) is 1.67. The molecule has 0 saturated carbocycles. The number of nitriles is 3. The van der Waals surface area contributed by atoms with Crippen molar-refractivity contribution >= 4 is 69.6 Å². The van der Waals surface area contributed by atoms with Gasteiger partial charge in [-0.1, -0.05) is 47.5 Å². The number of piperazine rings is 2. The molecule has 21 heteroatoms. The fourth-order valence-electron chi connectivity index (χ4n) is 12.2. The Balaban J connectivity index is 0.000000166. The summed E-state index contributed by atoms with van der Waals surface area (Å²) in [6.45, 7) is 19.2. The van der Waals surface area contributed by atoms with Gasteiger partial charge in [0.1, 0.15) is 11.6 Å². The van der Waals surface area contributed by atoms with Gasteiger partial charge in [-0.25, -0.2) is 14.8 Å². The van der Waals surface area contributed by atoms with Crippen LogP contribution in [0.2, 0.25) is 10.0 Å². The van der Waals surface area contributed by atoms with Gasteiger partial charge in [-0.05, 0) is 207 Å². The zero-order chi connectivity index (χ0) is 68.8. The van der Waals surface area contributed by atoms with E-state index in [0.29, 0.717) is 72.4 Å². The summed E-state index contributed by atoms with van der Waals surface area (Å²) in [5, 5.41) is 54.2. The van der Waals surface area contributed by atoms with Crippen molar-refractivity contribution in [1.82, 2.24) is 49.1 Å². The molecule has 2 saturated heterocycles. The Morgan fingerprint density at radius 1 is 0.608 bits per heavy atom. The molecule has 19 nitrogen and oxygen atoms in total. The molecule has 2 aliphatic heterocycles. The van der Waals surface area contributed by atoms with E-state index in [-0.39, 0.29) is 24.7 Å². The second kappa shape index (κ2) is 31.7. The number of pyridine rings is 2. The topological polar surface area (TPSA) is 253 Å². The van der Waals surface area contributed by atoms with Crippen LogP contribution in [-0.4, -0.2) is 137 Å². The first kappa shape index (κ1) is 69.8. The molecule has 2 amide bonds. The molecule has 4 aromatic heterocycles. The number of aliphatic hydroxyl groups is 2. The summed E-state index contributed by atoms with van der Waals surface area (Å²) >= 11 is 13.1. The number of benzene rings is 5. The Kier molecular flexibility index (Phi) is 22.8. The third kappa shape index (κ3) is 18.1. The van der Waals surface area contributed by atoms with Gasteiger partial charge in [0.15, 0.2) is 0 Å². The highest BCUT2D eigenvalue weighted by atomic mass is 35.5. The number of aryl methyl sites for hydroxylation is 2. The van der Waals surface area contributed by atoms with Crippen molar-refractivity contribution in [3.63, 3.8) is 0 Å². The zero-order valence-electron chi connectivity index (χ0n) is 55.4. The van der Waals surface area contributed by atoms with Crippen LogP contribution < -0.4 is 21.3 Å². The van der Waals surface area contributed by atoms with Gasteiger partial charge < -0.3 is 40.6 Å². The number of amides is 2. The molecule has 2 aliphatic carbocycles. The molecule has 2 fully saturated rings. The van der Waals surface area contributed by atoms with Crippen LogP contribution in [0.5, 0.6) is 0 Å². The molecule has 6 heterocycles. The highest BCUT2D eigenvalue weighted by molar-refractivity contribution is 6.31. The number of nitrogens with two attached hydrogens (primary N) is 1. The number of nitrogen functional groups attached to an aromatic ring is 1. The number of hydrogen-bond donors (Lipinski definition) is 5. The molecule has 0 spiro atoms. The van der Waals surface area contributed by atoms with Gasteiger partial charge in [0, 0.05) is 136 Å². The Morgan fingerprint density at radius 3 is 1.49 bits per heavy atom. The predicted octanol–water partition coefficient (Wildman–Crippen LogP) is 12.4. The third-order valence-corrected chi connectivity index (χ3v) is 17.6. The SMILES string of the molecule is CC(C)(O)CNc1ccc(C#N)cc1.Cc1nccn1CC1=Cc2cccnc2C(N2CCN(C(=O)N(CC(C)(C)O)c3ccc(C#N)cc3)CC2)c2ccc(Cl)cc21.Cc1nccn1CC1=Cc2cccnc2C(N2CCNCC2)c2ccc(Cl)cc21.N#Cc1ccc(N)cc1. The number of imidazole rings is 2. The molecule has 496 valence electrons. The van der Waals surface area contributed by atoms with Gasteiger partial charge in [-0.3, -0.25) is 24.7 Å². The fraction of sp³-hybridized carbons (Fsp3) is 0.289. The molecule has 13 rings (SSSR count). The highest BCUT2D eigenvalue weighted by Gasteiger charge is 2.37. The Labute approximate surface area is 577 Å². The van der Waals surface area contributed by atoms with Gasteiger partial charge in [0.2, 0.25) is 0 Å². The minimum absolute atomic E-state index is 0.122. The van der Waals surface area contributed by atoms with Crippen LogP contribution in [0.15, 0.2) is 171 Å². The number of rotatable bonds is 12. The second-order valence-electron chi connectivity index (χ2n) is 25.5. The number of halogens is 2. The molecule has 0 bridgehead atoms. The number of aromatic nitrogens is 6. The number of fused-ring (bicyclic) bond motifs is 4. The zero-order valence-corrected chi connectivity index (χ0v) is 56.9. The number of nitrogens with zero attached hydrogens (tertiary/aromatic N) is 13. The molecule has 97 heavy (non-hydrogen) atoms. The van der Waals surface area contributed by atoms with Crippen LogP contribution in [0.3, 0.4) is 0 Å². The number of hydrogen-bond acceptors (Lipinski definition) is 15. The first-order chi connectivity index (χ1) is 46.6. The molecule has 9 aromatic rings. The standard InChI is InChI=1S/C35H36ClN7O2.C23H24ClN5.C11H14N2O.C7H6N2/c1-24-38-13-14-42(24)22-27-19-26-5-4-12-39-32(26)33(30-11-8-28(36)20-31(27)30)40-15-17-41(18-16-40)34(44)43(23-35(2,3)45)29-9-6-25(21-37)7-10-29;1-16-26-9-12-29(16)15-18-13-17-3-2-6-27-22(17)23(28-10-7-25-8-11-28)20-5-4-19(24)14-21(18)20;1-11(2,14)8-13-10-5-3-9(7-12)4-6-10;8-5-6-1-3-7(9)4-2-6/h4-14,19-20,33,45H,15-18,22-23H2,1-3H3;2-6,9,12-14,23,25H,7-8,10-11,15H2,1H3;3-6,13-14H,8H2,1-2H3;1-4H,9H2. The van der Waals surface area contributed by atoms with Crippen molar-refractivity contribution < 1.29 is 15.0 Å².